The number of hydrogen-bond acceptors (Lipinski definition) is 5. The predicted octanol–water partition coefficient (Wildman–Crippen LogP) is 4.36. The van der Waals surface area contributed by atoms with Crippen molar-refractivity contribution >= 4 is 26.8 Å². The molecule has 0 fully saturated rings. The van der Waals surface area contributed by atoms with Crippen molar-refractivity contribution in [2.75, 3.05) is 20.6 Å². The third kappa shape index (κ3) is 6.26. The SMILES string of the molecule is Cc1ccc(S(=O)(=O)n2ncc3cc(C[C@@H](CNC(=O)C[C@@H](C)c4ccccc4)N(C)C)ccc32)cc1. The fourth-order valence-electron chi connectivity index (χ4n) is 4.38. The van der Waals surface area contributed by atoms with E-state index >= 15 is 0 Å². The fraction of sp³-hybridized carbons (Fsp3) is 0.310. The molecule has 0 aliphatic rings. The van der Waals surface area contributed by atoms with Gasteiger partial charge in [-0.2, -0.15) is 17.6 Å². The number of nitrogens with zero attached hydrogens (tertiary/aromatic N) is 3. The average molecular weight is 519 g/mol. The van der Waals surface area contributed by atoms with E-state index in [1.54, 1.807) is 36.5 Å². The van der Waals surface area contributed by atoms with Gasteiger partial charge in [0.2, 0.25) is 5.91 Å². The molecule has 1 N–H and O–H groups in total. The van der Waals surface area contributed by atoms with Crippen molar-refractivity contribution in [2.24, 2.45) is 0 Å². The standard InChI is InChI=1S/C29H34N4O3S/c1-21-10-13-27(14-11-21)37(35,36)33-28-15-12-23(17-25(28)19-31-33)18-26(32(3)4)20-30-29(34)16-22(2)24-8-6-5-7-9-24/h5-15,17,19,22,26H,16,18,20H2,1-4H3,(H,30,34)/t22-,26+/m1/s1. The van der Waals surface area contributed by atoms with Crippen LogP contribution in [0.3, 0.4) is 0 Å². The van der Waals surface area contributed by atoms with Gasteiger partial charge >= 0.3 is 0 Å². The molecule has 3 aromatic carbocycles. The molecular weight excluding hydrogens is 484 g/mol. The third-order valence-corrected chi connectivity index (χ3v) is 8.36. The molecule has 0 aliphatic heterocycles. The van der Waals surface area contributed by atoms with Crippen LogP contribution in [0.25, 0.3) is 10.9 Å². The Kier molecular flexibility index (Phi) is 8.10. The fourth-order valence-corrected chi connectivity index (χ4v) is 5.65. The smallest absolute Gasteiger partial charge is 0.283 e. The van der Waals surface area contributed by atoms with Crippen LogP contribution in [-0.4, -0.2) is 55.1 Å². The van der Waals surface area contributed by atoms with Gasteiger partial charge < -0.3 is 10.2 Å². The van der Waals surface area contributed by atoms with Crippen LogP contribution >= 0.6 is 0 Å². The lowest BCUT2D eigenvalue weighted by Crippen LogP contribution is -2.41. The maximum absolute atomic E-state index is 13.1. The highest BCUT2D eigenvalue weighted by molar-refractivity contribution is 7.90. The third-order valence-electron chi connectivity index (χ3n) is 6.74. The minimum absolute atomic E-state index is 0.0289. The Morgan fingerprint density at radius 1 is 1.03 bits per heavy atom. The van der Waals surface area contributed by atoms with E-state index in [9.17, 15) is 13.2 Å². The van der Waals surface area contributed by atoms with Gasteiger partial charge in [0.1, 0.15) is 0 Å². The lowest BCUT2D eigenvalue weighted by Gasteiger charge is -2.25. The first kappa shape index (κ1) is 26.6. The quantitative estimate of drug-likeness (QED) is 0.337. The first-order valence-corrected chi connectivity index (χ1v) is 13.9. The van der Waals surface area contributed by atoms with Gasteiger partial charge in [-0.05, 0) is 68.8 Å². The molecule has 1 amide bonds. The summed E-state index contributed by atoms with van der Waals surface area (Å²) in [5.74, 6) is 0.176. The highest BCUT2D eigenvalue weighted by atomic mass is 32.2. The number of fused-ring (bicyclic) bond motifs is 1. The molecule has 0 spiro atoms. The highest BCUT2D eigenvalue weighted by Crippen LogP contribution is 2.23. The Bertz CT molecular complexity index is 1460. The summed E-state index contributed by atoms with van der Waals surface area (Å²) in [7, 11) is 0.202. The van der Waals surface area contributed by atoms with Gasteiger partial charge in [-0.1, -0.05) is 61.0 Å². The molecule has 4 rings (SSSR count). The summed E-state index contributed by atoms with van der Waals surface area (Å²) < 4.78 is 27.4. The van der Waals surface area contributed by atoms with Crippen LogP contribution < -0.4 is 5.32 Å². The van der Waals surface area contributed by atoms with Gasteiger partial charge in [0.15, 0.2) is 0 Å². The molecule has 0 bridgehead atoms. The van der Waals surface area contributed by atoms with E-state index in [1.807, 2.05) is 63.5 Å². The number of nitrogens with one attached hydrogen (secondary N) is 1. The molecule has 0 aliphatic carbocycles. The molecular formula is C29H34N4O3S. The summed E-state index contributed by atoms with van der Waals surface area (Å²) in [6.07, 6.45) is 2.72. The molecule has 1 aromatic heterocycles. The Morgan fingerprint density at radius 2 is 1.73 bits per heavy atom. The van der Waals surface area contributed by atoms with Crippen LogP contribution in [0.1, 0.15) is 36.0 Å². The Balaban J connectivity index is 1.44. The van der Waals surface area contributed by atoms with Gasteiger partial charge in [0.25, 0.3) is 10.0 Å². The molecule has 7 nitrogen and oxygen atoms in total. The largest absolute Gasteiger partial charge is 0.355 e. The topological polar surface area (TPSA) is 84.3 Å². The minimum Gasteiger partial charge on any atom is -0.355 e. The summed E-state index contributed by atoms with van der Waals surface area (Å²) in [6, 6.07) is 22.6. The number of carbonyl (C=O) groups is 1. The van der Waals surface area contributed by atoms with Crippen LogP contribution in [0.2, 0.25) is 0 Å². The van der Waals surface area contributed by atoms with E-state index in [2.05, 4.69) is 22.2 Å². The maximum Gasteiger partial charge on any atom is 0.283 e. The van der Waals surface area contributed by atoms with E-state index in [1.165, 1.54) is 0 Å². The van der Waals surface area contributed by atoms with Crippen molar-refractivity contribution < 1.29 is 13.2 Å². The molecule has 0 unspecified atom stereocenters. The molecule has 2 atom stereocenters. The lowest BCUT2D eigenvalue weighted by molar-refractivity contribution is -0.121. The minimum atomic E-state index is -3.79. The normalized spacial score (nSPS) is 13.5. The van der Waals surface area contributed by atoms with E-state index in [-0.39, 0.29) is 22.8 Å². The molecule has 37 heavy (non-hydrogen) atoms. The van der Waals surface area contributed by atoms with Crippen molar-refractivity contribution in [3.63, 3.8) is 0 Å². The van der Waals surface area contributed by atoms with Gasteiger partial charge in [0.05, 0.1) is 16.6 Å². The summed E-state index contributed by atoms with van der Waals surface area (Å²) in [6.45, 7) is 4.50. The summed E-state index contributed by atoms with van der Waals surface area (Å²) in [5.41, 5.74) is 3.73. The van der Waals surface area contributed by atoms with E-state index in [4.69, 9.17) is 0 Å². The second-order valence-electron chi connectivity index (χ2n) is 9.84. The molecule has 1 heterocycles. The van der Waals surface area contributed by atoms with Crippen molar-refractivity contribution in [3.8, 4) is 0 Å². The van der Waals surface area contributed by atoms with Gasteiger partial charge in [0, 0.05) is 24.4 Å². The van der Waals surface area contributed by atoms with E-state index < -0.39 is 10.0 Å². The number of amides is 1. The zero-order chi connectivity index (χ0) is 26.6. The molecule has 4 aromatic rings. The van der Waals surface area contributed by atoms with Crippen LogP contribution in [0.5, 0.6) is 0 Å². The number of rotatable bonds is 10. The Hall–Kier alpha value is -3.49. The van der Waals surface area contributed by atoms with Gasteiger partial charge in [-0.15, -0.1) is 0 Å². The summed E-state index contributed by atoms with van der Waals surface area (Å²) >= 11 is 0. The molecule has 194 valence electrons. The number of aryl methyl sites for hydroxylation is 1. The van der Waals surface area contributed by atoms with Crippen molar-refractivity contribution in [3.05, 3.63) is 95.7 Å². The molecule has 0 radical (unpaired) electrons. The molecule has 0 saturated heterocycles. The number of likely N-dealkylation sites (N-methyl/N-ethyl adjacent to an activating group) is 1. The molecule has 0 saturated carbocycles. The summed E-state index contributed by atoms with van der Waals surface area (Å²) in [4.78, 5) is 14.9. The average Bonchev–Trinajstić information content (AvgIpc) is 3.31. The molecule has 8 heteroatoms. The zero-order valence-electron chi connectivity index (χ0n) is 21.8. The highest BCUT2D eigenvalue weighted by Gasteiger charge is 2.21. The van der Waals surface area contributed by atoms with Crippen LogP contribution in [-0.2, 0) is 21.2 Å². The van der Waals surface area contributed by atoms with Gasteiger partial charge in [-0.3, -0.25) is 4.79 Å². The monoisotopic (exact) mass is 518 g/mol. The van der Waals surface area contributed by atoms with Crippen LogP contribution in [0.15, 0.2) is 83.9 Å². The number of aromatic nitrogens is 2. The number of benzene rings is 3. The Morgan fingerprint density at radius 3 is 2.41 bits per heavy atom. The van der Waals surface area contributed by atoms with E-state index in [0.717, 1.165) is 26.2 Å². The second-order valence-corrected chi connectivity index (χ2v) is 11.6. The number of hydrogen-bond donors (Lipinski definition) is 1. The first-order valence-electron chi connectivity index (χ1n) is 12.4. The van der Waals surface area contributed by atoms with Crippen LogP contribution in [0, 0.1) is 6.92 Å². The first-order chi connectivity index (χ1) is 17.6. The zero-order valence-corrected chi connectivity index (χ0v) is 22.6. The summed E-state index contributed by atoms with van der Waals surface area (Å²) in [5, 5.41) is 8.04. The Labute approximate surface area is 219 Å². The lowest BCUT2D eigenvalue weighted by atomic mass is 9.97. The number of carbonyl (C=O) groups excluding carboxylic acids is 1. The van der Waals surface area contributed by atoms with Crippen molar-refractivity contribution in [1.82, 2.24) is 19.4 Å². The van der Waals surface area contributed by atoms with E-state index in [0.29, 0.717) is 24.9 Å². The van der Waals surface area contributed by atoms with Crippen LogP contribution in [0.4, 0.5) is 0 Å². The maximum atomic E-state index is 13.1. The van der Waals surface area contributed by atoms with Crippen molar-refractivity contribution in [1.29, 1.82) is 0 Å². The van der Waals surface area contributed by atoms with Crippen molar-refractivity contribution in [2.45, 2.75) is 43.5 Å². The second kappa shape index (κ2) is 11.3. The van der Waals surface area contributed by atoms with Gasteiger partial charge in [-0.25, -0.2) is 0 Å². The predicted molar refractivity (Wildman–Crippen MR) is 147 cm³/mol.